The minimum Gasteiger partial charge on any atom is -1.00 e. The molecule has 0 unspecified atom stereocenters. The number of unbranched alkanes of at least 4 members (excludes halogenated alkanes) is 12. The van der Waals surface area contributed by atoms with Crippen LogP contribution in [0.25, 0.3) is 0 Å². The molecule has 0 bridgehead atoms. The van der Waals surface area contributed by atoms with E-state index in [4.69, 9.17) is 9.47 Å². The summed E-state index contributed by atoms with van der Waals surface area (Å²) < 4.78 is 12.7. The van der Waals surface area contributed by atoms with Gasteiger partial charge in [0.2, 0.25) is 0 Å². The van der Waals surface area contributed by atoms with Gasteiger partial charge in [-0.2, -0.15) is 0 Å². The Morgan fingerprint density at radius 1 is 0.462 bits per heavy atom. The van der Waals surface area contributed by atoms with Gasteiger partial charge in [0.25, 0.3) is 0 Å². The van der Waals surface area contributed by atoms with Crippen LogP contribution in [0, 0.1) is 0 Å². The van der Waals surface area contributed by atoms with Gasteiger partial charge in [0.15, 0.2) is 0 Å². The van der Waals surface area contributed by atoms with Crippen molar-refractivity contribution in [1.29, 1.82) is 0 Å². The predicted molar refractivity (Wildman–Crippen MR) is 155 cm³/mol. The lowest BCUT2D eigenvalue weighted by atomic mass is 10.1. The van der Waals surface area contributed by atoms with Crippen LogP contribution in [-0.4, -0.2) is 88.5 Å². The summed E-state index contributed by atoms with van der Waals surface area (Å²) >= 11 is 0. The molecule has 0 aliphatic carbocycles. The molecule has 8 heteroatoms. The van der Waals surface area contributed by atoms with Crippen molar-refractivity contribution in [3.63, 3.8) is 0 Å². The number of halogens is 2. The average Bonchev–Trinajstić information content (AvgIpc) is 2.83. The van der Waals surface area contributed by atoms with Crippen molar-refractivity contribution < 1.29 is 62.0 Å². The van der Waals surface area contributed by atoms with Crippen molar-refractivity contribution in [3.8, 4) is 0 Å². The number of nitrogens with zero attached hydrogens (tertiary/aromatic N) is 2. The van der Waals surface area contributed by atoms with Gasteiger partial charge in [-0.25, -0.2) is 0 Å². The third-order valence-electron chi connectivity index (χ3n) is 7.42. The second-order valence-corrected chi connectivity index (χ2v) is 12.3. The first kappa shape index (κ1) is 43.3. The van der Waals surface area contributed by atoms with Crippen molar-refractivity contribution in [2.75, 3.05) is 67.6 Å². The first-order valence-electron chi connectivity index (χ1n) is 15.6. The maximum atomic E-state index is 12.0. The lowest BCUT2D eigenvalue weighted by Gasteiger charge is -2.29. The van der Waals surface area contributed by atoms with E-state index in [2.05, 4.69) is 42.0 Å². The van der Waals surface area contributed by atoms with E-state index in [-0.39, 0.29) is 45.9 Å². The summed E-state index contributed by atoms with van der Waals surface area (Å²) in [5.74, 6) is -0.236. The molecule has 0 radical (unpaired) electrons. The van der Waals surface area contributed by atoms with Crippen LogP contribution in [0.15, 0.2) is 0 Å². The summed E-state index contributed by atoms with van der Waals surface area (Å²) in [5, 5.41) is 0. The highest BCUT2D eigenvalue weighted by Crippen LogP contribution is 2.10. The Bertz CT molecular complexity index is 527. The Balaban J connectivity index is -0.00000648. The summed E-state index contributed by atoms with van der Waals surface area (Å²) in [4.78, 5) is 24.1. The number of hydrogen-bond donors (Lipinski definition) is 0. The Labute approximate surface area is 263 Å². The predicted octanol–water partition coefficient (Wildman–Crippen LogP) is 0.905. The first-order chi connectivity index (χ1) is 17.6. The van der Waals surface area contributed by atoms with Crippen LogP contribution in [0.5, 0.6) is 0 Å². The molecule has 0 spiro atoms. The number of hydrogen-bond acceptors (Lipinski definition) is 4. The molecular formula is C31H64Br2N2O4. The number of esters is 2. The number of quaternary nitrogens is 2. The van der Waals surface area contributed by atoms with Crippen molar-refractivity contribution in [2.45, 2.75) is 123 Å². The number of likely N-dealkylation sites (N-methyl/N-ethyl adjacent to an activating group) is 2. The summed E-state index contributed by atoms with van der Waals surface area (Å²) in [6.45, 7) is 9.46. The highest BCUT2D eigenvalue weighted by molar-refractivity contribution is 5.69. The smallest absolute Gasteiger partial charge is 0.305 e. The maximum Gasteiger partial charge on any atom is 0.305 e. The molecule has 0 aliphatic rings. The molecule has 6 nitrogen and oxygen atoms in total. The third kappa shape index (κ3) is 30.6. The van der Waals surface area contributed by atoms with Crippen molar-refractivity contribution in [2.24, 2.45) is 0 Å². The van der Waals surface area contributed by atoms with Gasteiger partial charge in [0.1, 0.15) is 26.3 Å². The molecule has 0 N–H and O–H groups in total. The zero-order chi connectivity index (χ0) is 27.8. The molecular weight excluding hydrogens is 624 g/mol. The van der Waals surface area contributed by atoms with Gasteiger partial charge in [0, 0.05) is 12.8 Å². The molecule has 0 atom stereocenters. The van der Waals surface area contributed by atoms with E-state index in [1.165, 1.54) is 77.0 Å². The number of rotatable bonds is 26. The molecule has 0 aromatic heterocycles. The SMILES string of the molecule is CCCCCCCC[N+](C)(C)CCOC(=O)CCCCCC(=O)OCC[N+](C)(C)CCCCCCCC.[Br-].[Br-]. The molecule has 0 aromatic rings. The van der Waals surface area contributed by atoms with Crippen LogP contribution < -0.4 is 34.0 Å². The Morgan fingerprint density at radius 2 is 0.769 bits per heavy atom. The monoisotopic (exact) mass is 686 g/mol. The fourth-order valence-electron chi connectivity index (χ4n) is 4.54. The second-order valence-electron chi connectivity index (χ2n) is 12.3. The van der Waals surface area contributed by atoms with E-state index in [0.717, 1.165) is 54.4 Å². The summed E-state index contributed by atoms with van der Waals surface area (Å²) in [6, 6.07) is 0. The zero-order valence-electron chi connectivity index (χ0n) is 26.5. The van der Waals surface area contributed by atoms with Gasteiger partial charge < -0.3 is 52.4 Å². The van der Waals surface area contributed by atoms with Crippen molar-refractivity contribution in [1.82, 2.24) is 0 Å². The summed E-state index contributed by atoms with van der Waals surface area (Å²) in [7, 11) is 8.87. The number of ether oxygens (including phenoxy) is 2. The van der Waals surface area contributed by atoms with E-state index >= 15 is 0 Å². The van der Waals surface area contributed by atoms with Gasteiger partial charge in [0.05, 0.1) is 41.3 Å². The van der Waals surface area contributed by atoms with E-state index in [9.17, 15) is 9.59 Å². The third-order valence-corrected chi connectivity index (χ3v) is 7.42. The zero-order valence-corrected chi connectivity index (χ0v) is 29.7. The summed E-state index contributed by atoms with van der Waals surface area (Å²) in [6.07, 6.45) is 18.9. The van der Waals surface area contributed by atoms with Gasteiger partial charge in [-0.05, 0) is 38.5 Å². The molecule has 0 fully saturated rings. The maximum absolute atomic E-state index is 12.0. The second kappa shape index (κ2) is 28.0. The lowest BCUT2D eigenvalue weighted by molar-refractivity contribution is -0.890. The largest absolute Gasteiger partial charge is 1.00 e. The van der Waals surface area contributed by atoms with Crippen LogP contribution in [-0.2, 0) is 19.1 Å². The molecule has 0 saturated heterocycles. The van der Waals surface area contributed by atoms with E-state index < -0.39 is 0 Å². The van der Waals surface area contributed by atoms with Crippen LogP contribution in [0.2, 0.25) is 0 Å². The fraction of sp³-hybridized carbons (Fsp3) is 0.935. The molecule has 0 saturated carbocycles. The number of carbonyl (C=O) groups excluding carboxylic acids is 2. The highest BCUT2D eigenvalue weighted by atomic mass is 79.9. The van der Waals surface area contributed by atoms with Crippen molar-refractivity contribution >= 4 is 11.9 Å². The van der Waals surface area contributed by atoms with Gasteiger partial charge >= 0.3 is 11.9 Å². The van der Waals surface area contributed by atoms with Crippen LogP contribution in [0.1, 0.15) is 123 Å². The molecule has 39 heavy (non-hydrogen) atoms. The first-order valence-corrected chi connectivity index (χ1v) is 15.6. The van der Waals surface area contributed by atoms with E-state index in [0.29, 0.717) is 26.1 Å². The normalized spacial score (nSPS) is 11.4. The van der Waals surface area contributed by atoms with E-state index in [1.54, 1.807) is 0 Å². The standard InChI is InChI=1S/C31H64N2O4.2BrH/c1-7-9-11-13-15-20-24-32(3,4)26-28-36-30(34)22-18-17-19-23-31(35)37-29-27-33(5,6)25-21-16-14-12-10-8-2;;/h7-29H2,1-6H3;2*1H/q+2;;/p-2. The lowest BCUT2D eigenvalue weighted by Crippen LogP contribution is -3.00. The van der Waals surface area contributed by atoms with Gasteiger partial charge in [-0.1, -0.05) is 71.6 Å². The average molecular weight is 689 g/mol. The molecule has 236 valence electrons. The number of carbonyl (C=O) groups is 2. The molecule has 0 aliphatic heterocycles. The Kier molecular flexibility index (Phi) is 31.0. The van der Waals surface area contributed by atoms with Gasteiger partial charge in [-0.3, -0.25) is 9.59 Å². The minimum atomic E-state index is -0.118. The Hall–Kier alpha value is -0.180. The quantitative estimate of drug-likeness (QED) is 0.0771. The molecule has 0 rings (SSSR count). The fourth-order valence-corrected chi connectivity index (χ4v) is 4.54. The Morgan fingerprint density at radius 3 is 1.13 bits per heavy atom. The van der Waals surface area contributed by atoms with Crippen LogP contribution in [0.4, 0.5) is 0 Å². The molecule has 0 amide bonds. The van der Waals surface area contributed by atoms with E-state index in [1.807, 2.05) is 0 Å². The highest BCUT2D eigenvalue weighted by Gasteiger charge is 2.17. The van der Waals surface area contributed by atoms with Crippen LogP contribution >= 0.6 is 0 Å². The van der Waals surface area contributed by atoms with Crippen molar-refractivity contribution in [3.05, 3.63) is 0 Å². The van der Waals surface area contributed by atoms with Gasteiger partial charge in [-0.15, -0.1) is 0 Å². The summed E-state index contributed by atoms with van der Waals surface area (Å²) in [5.41, 5.74) is 0. The molecule has 0 heterocycles. The minimum absolute atomic E-state index is 0. The topological polar surface area (TPSA) is 52.6 Å². The van der Waals surface area contributed by atoms with Crippen LogP contribution in [0.3, 0.4) is 0 Å². The molecule has 0 aromatic carbocycles.